The summed E-state index contributed by atoms with van der Waals surface area (Å²) < 4.78 is 0. The molecule has 4 heteroatoms. The normalized spacial score (nSPS) is 26.3. The molecule has 0 saturated carbocycles. The van der Waals surface area contributed by atoms with Crippen LogP contribution in [-0.4, -0.2) is 34.2 Å². The van der Waals surface area contributed by atoms with E-state index in [9.17, 15) is 10.2 Å². The van der Waals surface area contributed by atoms with Crippen LogP contribution in [0.15, 0.2) is 12.1 Å². The van der Waals surface area contributed by atoms with Crippen LogP contribution in [0.4, 0.5) is 0 Å². The molecule has 1 saturated heterocycles. The first-order chi connectivity index (χ1) is 8.22. The fourth-order valence-electron chi connectivity index (χ4n) is 3.60. The first kappa shape index (κ1) is 13.7. The number of phenolic OH excluding ortho intramolecular Hbond substituents is 2. The molecule has 1 aliphatic heterocycles. The monoisotopic (exact) mass is 313 g/mol. The first-order valence-electron chi connectivity index (χ1n) is 6.50. The number of likely N-dealkylation sites (tertiary alicyclic amines) is 1. The molecule has 1 heterocycles. The summed E-state index contributed by atoms with van der Waals surface area (Å²) in [7, 11) is 0. The first-order valence-corrected chi connectivity index (χ1v) is 6.50. The van der Waals surface area contributed by atoms with Crippen molar-refractivity contribution >= 4 is 17.0 Å². The second-order valence-corrected chi connectivity index (χ2v) is 5.13. The van der Waals surface area contributed by atoms with Crippen molar-refractivity contribution in [1.29, 1.82) is 0 Å². The number of rotatable bonds is 1. The van der Waals surface area contributed by atoms with Crippen molar-refractivity contribution in [1.82, 2.24) is 4.90 Å². The molecule has 3 rings (SSSR count). The maximum Gasteiger partial charge on any atom is 0.160 e. The van der Waals surface area contributed by atoms with E-state index in [0.717, 1.165) is 31.5 Å². The number of hydrogen-bond acceptors (Lipinski definition) is 3. The Labute approximate surface area is 118 Å². The van der Waals surface area contributed by atoms with E-state index in [1.54, 1.807) is 6.07 Å². The lowest BCUT2D eigenvalue weighted by atomic mass is 9.79. The van der Waals surface area contributed by atoms with Gasteiger partial charge in [0.25, 0.3) is 0 Å². The van der Waals surface area contributed by atoms with E-state index in [4.69, 9.17) is 0 Å². The molecule has 0 unspecified atom stereocenters. The lowest BCUT2D eigenvalue weighted by Crippen LogP contribution is -2.34. The van der Waals surface area contributed by atoms with E-state index in [0.29, 0.717) is 12.0 Å². The number of phenols is 2. The van der Waals surface area contributed by atoms with E-state index in [-0.39, 0.29) is 28.5 Å². The van der Waals surface area contributed by atoms with Gasteiger partial charge in [-0.3, -0.25) is 0 Å². The average molecular weight is 314 g/mol. The molecule has 1 fully saturated rings. The lowest BCUT2D eigenvalue weighted by Gasteiger charge is -2.33. The van der Waals surface area contributed by atoms with Gasteiger partial charge in [-0.05, 0) is 44.0 Å². The molecule has 18 heavy (non-hydrogen) atoms. The van der Waals surface area contributed by atoms with Crippen molar-refractivity contribution in [3.05, 3.63) is 23.3 Å². The van der Waals surface area contributed by atoms with Gasteiger partial charge in [-0.2, -0.15) is 0 Å². The number of likely N-dealkylation sites (N-methyl/N-ethyl adjacent to an activating group) is 1. The smallest absolute Gasteiger partial charge is 0.160 e. The van der Waals surface area contributed by atoms with Crippen LogP contribution in [0.1, 0.15) is 36.8 Å². The van der Waals surface area contributed by atoms with E-state index >= 15 is 0 Å². The molecule has 2 aliphatic rings. The van der Waals surface area contributed by atoms with Crippen LogP contribution < -0.4 is 0 Å². The van der Waals surface area contributed by atoms with Crippen molar-refractivity contribution in [2.24, 2.45) is 0 Å². The highest BCUT2D eigenvalue weighted by molar-refractivity contribution is 8.93. The Balaban J connectivity index is 0.00000120. The molecule has 1 aromatic rings. The van der Waals surface area contributed by atoms with Gasteiger partial charge >= 0.3 is 0 Å². The van der Waals surface area contributed by atoms with Crippen LogP contribution in [0.5, 0.6) is 11.5 Å². The molecule has 100 valence electrons. The van der Waals surface area contributed by atoms with Gasteiger partial charge in [-0.15, -0.1) is 17.0 Å². The zero-order valence-corrected chi connectivity index (χ0v) is 12.3. The highest BCUT2D eigenvalue weighted by Crippen LogP contribution is 2.46. The predicted octanol–water partition coefficient (Wildman–Crippen LogP) is 2.80. The maximum absolute atomic E-state index is 9.92. The molecule has 1 aromatic carbocycles. The van der Waals surface area contributed by atoms with E-state index in [2.05, 4.69) is 11.8 Å². The Morgan fingerprint density at radius 3 is 2.78 bits per heavy atom. The van der Waals surface area contributed by atoms with Crippen LogP contribution in [0.25, 0.3) is 0 Å². The third kappa shape index (κ3) is 1.91. The zero-order valence-electron chi connectivity index (χ0n) is 10.6. The number of hydrogen-bond donors (Lipinski definition) is 2. The minimum atomic E-state index is 0. The Bertz CT molecular complexity index is 450. The number of benzene rings is 1. The average Bonchev–Trinajstić information content (AvgIpc) is 2.76. The van der Waals surface area contributed by atoms with Gasteiger partial charge in [0, 0.05) is 17.5 Å². The second-order valence-electron chi connectivity index (χ2n) is 5.13. The second kappa shape index (κ2) is 5.10. The van der Waals surface area contributed by atoms with Gasteiger partial charge in [0.15, 0.2) is 11.5 Å². The predicted molar refractivity (Wildman–Crippen MR) is 76.8 cm³/mol. The molecular weight excluding hydrogens is 294 g/mol. The summed E-state index contributed by atoms with van der Waals surface area (Å²) in [5.41, 5.74) is 2.23. The van der Waals surface area contributed by atoms with Crippen molar-refractivity contribution in [3.63, 3.8) is 0 Å². The van der Waals surface area contributed by atoms with Crippen LogP contribution in [0.3, 0.4) is 0 Å². The molecule has 0 bridgehead atoms. The van der Waals surface area contributed by atoms with Crippen molar-refractivity contribution in [2.75, 3.05) is 13.1 Å². The Hall–Kier alpha value is -0.740. The molecular formula is C14H20BrNO2. The summed E-state index contributed by atoms with van der Waals surface area (Å²) in [5.74, 6) is 0.675. The molecule has 2 atom stereocenters. The molecule has 3 nitrogen and oxygen atoms in total. The zero-order chi connectivity index (χ0) is 12.0. The van der Waals surface area contributed by atoms with Crippen LogP contribution in [-0.2, 0) is 6.42 Å². The third-order valence-electron chi connectivity index (χ3n) is 4.45. The number of halogens is 1. The van der Waals surface area contributed by atoms with E-state index in [1.165, 1.54) is 12.0 Å². The quantitative estimate of drug-likeness (QED) is 0.784. The minimum absolute atomic E-state index is 0. The minimum Gasteiger partial charge on any atom is -0.504 e. The lowest BCUT2D eigenvalue weighted by molar-refractivity contribution is 0.237. The van der Waals surface area contributed by atoms with Crippen LogP contribution in [0.2, 0.25) is 0 Å². The summed E-state index contributed by atoms with van der Waals surface area (Å²) >= 11 is 0. The van der Waals surface area contributed by atoms with Crippen molar-refractivity contribution < 1.29 is 10.2 Å². The van der Waals surface area contributed by atoms with Gasteiger partial charge in [-0.1, -0.05) is 13.0 Å². The Kier molecular flexibility index (Phi) is 3.87. The van der Waals surface area contributed by atoms with E-state index < -0.39 is 0 Å². The van der Waals surface area contributed by atoms with Gasteiger partial charge in [0.2, 0.25) is 0 Å². The van der Waals surface area contributed by atoms with Crippen LogP contribution in [0, 0.1) is 0 Å². The number of nitrogens with zero attached hydrogens (tertiary/aromatic N) is 1. The maximum atomic E-state index is 9.92. The summed E-state index contributed by atoms with van der Waals surface area (Å²) in [5, 5.41) is 19.5. The highest BCUT2D eigenvalue weighted by Gasteiger charge is 2.38. The molecule has 0 amide bonds. The fourth-order valence-corrected chi connectivity index (χ4v) is 3.60. The summed E-state index contributed by atoms with van der Waals surface area (Å²) in [6, 6.07) is 4.27. The standard InChI is InChI=1S/C14H19NO2.BrH/c1-2-15-8-7-10-9-4-6-13(16)14(17)11(9)3-5-12(10)15;/h4,6,10,12,16-17H,2-3,5,7-8H2,1H3;1H/t10-,12-;/m1./s1. The van der Waals surface area contributed by atoms with Crippen molar-refractivity contribution in [3.8, 4) is 11.5 Å². The Morgan fingerprint density at radius 1 is 1.28 bits per heavy atom. The summed E-state index contributed by atoms with van der Waals surface area (Å²) in [4.78, 5) is 2.54. The van der Waals surface area contributed by atoms with Gasteiger partial charge in [0.05, 0.1) is 0 Å². The van der Waals surface area contributed by atoms with E-state index in [1.807, 2.05) is 6.07 Å². The van der Waals surface area contributed by atoms with Gasteiger partial charge < -0.3 is 15.1 Å². The Morgan fingerprint density at radius 2 is 2.06 bits per heavy atom. The number of fused-ring (bicyclic) bond motifs is 3. The fraction of sp³-hybridized carbons (Fsp3) is 0.571. The molecule has 1 aliphatic carbocycles. The summed E-state index contributed by atoms with van der Waals surface area (Å²) in [6.07, 6.45) is 3.16. The molecule has 0 spiro atoms. The van der Waals surface area contributed by atoms with Gasteiger partial charge in [-0.25, -0.2) is 0 Å². The largest absolute Gasteiger partial charge is 0.504 e. The SMILES string of the molecule is Br.CCN1CC[C@@H]2c3ccc(O)c(O)c3CC[C@H]21. The number of aromatic hydroxyl groups is 2. The topological polar surface area (TPSA) is 43.7 Å². The molecule has 0 radical (unpaired) electrons. The van der Waals surface area contributed by atoms with Gasteiger partial charge in [0.1, 0.15) is 0 Å². The highest BCUT2D eigenvalue weighted by atomic mass is 79.9. The molecule has 2 N–H and O–H groups in total. The molecule has 0 aromatic heterocycles. The van der Waals surface area contributed by atoms with Crippen LogP contribution >= 0.6 is 17.0 Å². The third-order valence-corrected chi connectivity index (χ3v) is 4.45. The van der Waals surface area contributed by atoms with Crippen molar-refractivity contribution in [2.45, 2.75) is 38.1 Å². The summed E-state index contributed by atoms with van der Waals surface area (Å²) in [6.45, 7) is 4.49.